The Morgan fingerprint density at radius 1 is 1.31 bits per heavy atom. The van der Waals surface area contributed by atoms with Crippen molar-refractivity contribution < 1.29 is 13.9 Å². The molecular weight excluding hydrogens is 174 g/mol. The molecule has 0 saturated heterocycles. The molecule has 0 aliphatic heterocycles. The van der Waals surface area contributed by atoms with Gasteiger partial charge in [-0.3, -0.25) is 0 Å². The maximum absolute atomic E-state index is 12.7. The monoisotopic (exact) mass is 185 g/mol. The average molecular weight is 185 g/mol. The lowest BCUT2D eigenvalue weighted by molar-refractivity contribution is 0.0813. The Morgan fingerprint density at radius 3 is 2.15 bits per heavy atom. The molecule has 71 valence electrons. The Hall–Kier alpha value is -0.960. The van der Waals surface area contributed by atoms with Crippen LogP contribution in [-0.2, 0) is 5.60 Å². The first-order valence-corrected chi connectivity index (χ1v) is 4.00. The van der Waals surface area contributed by atoms with Gasteiger partial charge in [0.25, 0.3) is 0 Å². The third-order valence-corrected chi connectivity index (χ3v) is 1.98. The molecule has 1 atom stereocenters. The fourth-order valence-electron chi connectivity index (χ4n) is 1.03. The Kier molecular flexibility index (Phi) is 2.66. The molecule has 1 rings (SSSR count). The number of halogens is 2. The lowest BCUT2D eigenvalue weighted by Crippen LogP contribution is -2.20. The molecule has 0 aliphatic rings. The van der Waals surface area contributed by atoms with Crippen LogP contribution in [0.25, 0.3) is 0 Å². The molecule has 0 saturated carbocycles. The van der Waals surface area contributed by atoms with E-state index in [2.05, 4.69) is 6.92 Å². The summed E-state index contributed by atoms with van der Waals surface area (Å²) in [5, 5.41) is 9.60. The Balaban J connectivity index is 3.15. The molecule has 1 aromatic carbocycles. The van der Waals surface area contributed by atoms with Crippen LogP contribution in [0.3, 0.4) is 0 Å². The predicted molar refractivity (Wildman–Crippen MR) is 45.9 cm³/mol. The summed E-state index contributed by atoms with van der Waals surface area (Å²) >= 11 is 0. The van der Waals surface area contributed by atoms with Crippen LogP contribution < -0.4 is 0 Å². The van der Waals surface area contributed by atoms with Crippen LogP contribution in [0.2, 0.25) is 0 Å². The van der Waals surface area contributed by atoms with Gasteiger partial charge < -0.3 is 5.11 Å². The van der Waals surface area contributed by atoms with E-state index in [1.54, 1.807) is 6.92 Å². The Bertz CT molecular complexity index is 288. The van der Waals surface area contributed by atoms with Crippen molar-refractivity contribution in [3.05, 3.63) is 42.3 Å². The fourth-order valence-corrected chi connectivity index (χ4v) is 1.03. The topological polar surface area (TPSA) is 20.2 Å². The second-order valence-electron chi connectivity index (χ2n) is 3.04. The zero-order valence-electron chi connectivity index (χ0n) is 7.35. The average Bonchev–Trinajstić information content (AvgIpc) is 2.02. The van der Waals surface area contributed by atoms with Gasteiger partial charge in [0.1, 0.15) is 11.6 Å². The summed E-state index contributed by atoms with van der Waals surface area (Å²) in [5.74, 6) is -1.41. The van der Waals surface area contributed by atoms with Gasteiger partial charge in [-0.15, -0.1) is 0 Å². The zero-order chi connectivity index (χ0) is 10.1. The normalized spacial score (nSPS) is 15.5. The van der Waals surface area contributed by atoms with Crippen molar-refractivity contribution >= 4 is 0 Å². The van der Waals surface area contributed by atoms with Crippen LogP contribution in [0, 0.1) is 18.6 Å². The minimum absolute atomic E-state index is 0.160. The smallest absolute Gasteiger partial charge is 0.126 e. The van der Waals surface area contributed by atoms with E-state index >= 15 is 0 Å². The first-order chi connectivity index (χ1) is 5.95. The van der Waals surface area contributed by atoms with E-state index in [0.29, 0.717) is 6.42 Å². The fraction of sp³-hybridized carbons (Fsp3) is 0.300. The van der Waals surface area contributed by atoms with Crippen molar-refractivity contribution in [3.63, 3.8) is 0 Å². The van der Waals surface area contributed by atoms with Gasteiger partial charge >= 0.3 is 0 Å². The highest BCUT2D eigenvalue weighted by Crippen LogP contribution is 2.24. The van der Waals surface area contributed by atoms with Gasteiger partial charge in [0.2, 0.25) is 0 Å². The highest BCUT2D eigenvalue weighted by atomic mass is 19.1. The lowest BCUT2D eigenvalue weighted by Gasteiger charge is -2.21. The third kappa shape index (κ3) is 2.25. The van der Waals surface area contributed by atoms with Crippen LogP contribution >= 0.6 is 0 Å². The summed E-state index contributed by atoms with van der Waals surface area (Å²) in [6, 6.07) is 2.92. The molecule has 0 bridgehead atoms. The van der Waals surface area contributed by atoms with Gasteiger partial charge in [-0.05, 0) is 31.0 Å². The van der Waals surface area contributed by atoms with E-state index in [-0.39, 0.29) is 5.56 Å². The molecule has 1 nitrogen and oxygen atoms in total. The second-order valence-corrected chi connectivity index (χ2v) is 3.04. The van der Waals surface area contributed by atoms with Crippen LogP contribution in [-0.4, -0.2) is 5.11 Å². The largest absolute Gasteiger partial charge is 0.385 e. The van der Waals surface area contributed by atoms with Crippen LogP contribution in [0.5, 0.6) is 0 Å². The maximum Gasteiger partial charge on any atom is 0.126 e. The summed E-state index contributed by atoms with van der Waals surface area (Å²) in [6.45, 7) is 5.15. The molecule has 0 amide bonds. The Morgan fingerprint density at radius 2 is 1.77 bits per heavy atom. The summed E-state index contributed by atoms with van der Waals surface area (Å²) in [7, 11) is 0. The van der Waals surface area contributed by atoms with Crippen LogP contribution in [0.1, 0.15) is 18.9 Å². The number of hydrogen-bond donors (Lipinski definition) is 1. The molecule has 0 aromatic heterocycles. The SMILES string of the molecule is [CH2]C(O)(CC)c1cc(F)cc(F)c1. The van der Waals surface area contributed by atoms with Gasteiger partial charge in [0, 0.05) is 6.07 Å². The molecular formula is C10H11F2O. The van der Waals surface area contributed by atoms with E-state index in [1.807, 2.05) is 0 Å². The quantitative estimate of drug-likeness (QED) is 0.750. The van der Waals surface area contributed by atoms with Crippen molar-refractivity contribution in [3.8, 4) is 0 Å². The van der Waals surface area contributed by atoms with Gasteiger partial charge in [-0.25, -0.2) is 8.78 Å². The second kappa shape index (κ2) is 3.42. The highest BCUT2D eigenvalue weighted by molar-refractivity contribution is 5.25. The number of rotatable bonds is 2. The van der Waals surface area contributed by atoms with E-state index < -0.39 is 17.2 Å². The molecule has 0 heterocycles. The number of benzene rings is 1. The maximum atomic E-state index is 12.7. The molecule has 1 aromatic rings. The van der Waals surface area contributed by atoms with Crippen molar-refractivity contribution in [1.29, 1.82) is 0 Å². The van der Waals surface area contributed by atoms with Crippen LogP contribution in [0.4, 0.5) is 8.78 Å². The third-order valence-electron chi connectivity index (χ3n) is 1.98. The molecule has 13 heavy (non-hydrogen) atoms. The minimum Gasteiger partial charge on any atom is -0.385 e. The lowest BCUT2D eigenvalue weighted by atomic mass is 9.93. The van der Waals surface area contributed by atoms with Gasteiger partial charge in [0.15, 0.2) is 0 Å². The first-order valence-electron chi connectivity index (χ1n) is 4.00. The summed E-state index contributed by atoms with van der Waals surface area (Å²) in [5.41, 5.74) is -1.25. The summed E-state index contributed by atoms with van der Waals surface area (Å²) in [4.78, 5) is 0. The van der Waals surface area contributed by atoms with Crippen molar-refractivity contribution in [1.82, 2.24) is 0 Å². The molecule has 1 unspecified atom stereocenters. The van der Waals surface area contributed by atoms with E-state index in [9.17, 15) is 13.9 Å². The van der Waals surface area contributed by atoms with E-state index in [4.69, 9.17) is 0 Å². The number of aliphatic hydroxyl groups is 1. The molecule has 1 radical (unpaired) electrons. The van der Waals surface area contributed by atoms with Crippen molar-refractivity contribution in [2.75, 3.05) is 0 Å². The van der Waals surface area contributed by atoms with Gasteiger partial charge in [0.05, 0.1) is 5.60 Å². The predicted octanol–water partition coefficient (Wildman–Crippen LogP) is 2.40. The zero-order valence-corrected chi connectivity index (χ0v) is 7.35. The highest BCUT2D eigenvalue weighted by Gasteiger charge is 2.21. The molecule has 0 fully saturated rings. The summed E-state index contributed by atoms with van der Waals surface area (Å²) in [6.07, 6.45) is 0.301. The molecule has 1 N–H and O–H groups in total. The number of hydrogen-bond acceptors (Lipinski definition) is 1. The first kappa shape index (κ1) is 10.1. The van der Waals surface area contributed by atoms with Gasteiger partial charge in [-0.2, -0.15) is 0 Å². The van der Waals surface area contributed by atoms with E-state index in [1.165, 1.54) is 0 Å². The molecule has 3 heteroatoms. The Labute approximate surface area is 76.0 Å². The minimum atomic E-state index is -1.41. The molecule has 0 aliphatic carbocycles. The van der Waals surface area contributed by atoms with Crippen LogP contribution in [0.15, 0.2) is 18.2 Å². The van der Waals surface area contributed by atoms with E-state index in [0.717, 1.165) is 18.2 Å². The molecule has 0 spiro atoms. The van der Waals surface area contributed by atoms with Crippen molar-refractivity contribution in [2.45, 2.75) is 18.9 Å². The van der Waals surface area contributed by atoms with Crippen molar-refractivity contribution in [2.24, 2.45) is 0 Å². The summed E-state index contributed by atoms with van der Waals surface area (Å²) < 4.78 is 25.4. The van der Waals surface area contributed by atoms with Gasteiger partial charge in [-0.1, -0.05) is 6.92 Å². The standard InChI is InChI=1S/C10H11F2O/c1-3-10(2,13)7-4-8(11)6-9(12)5-7/h4-6,13H,2-3H2,1H3.